The number of carbonyl (C=O) groups is 1. The zero-order valence-electron chi connectivity index (χ0n) is 16.1. The van der Waals surface area contributed by atoms with Crippen molar-refractivity contribution in [1.82, 2.24) is 9.88 Å². The molecule has 1 amide bonds. The van der Waals surface area contributed by atoms with E-state index in [1.165, 1.54) is 10.9 Å². The Morgan fingerprint density at radius 2 is 1.77 bits per heavy atom. The SMILES string of the molecule is O=C1c2ccccc2[C@H]2c3[nH]c4ccccc4c3[C@H](c3ccc4c(c3)OCO4)CN12. The second-order valence-electron chi connectivity index (χ2n) is 8.11. The standard InChI is InChI=1S/C25H18N2O3/c28-25-16-6-2-1-5-15(16)24-23-22(17-7-3-4-8-19(17)26-23)18(12-27(24)25)14-9-10-20-21(11-14)30-13-29-20/h1-11,18,24,26H,12-13H2/t18-,24-/m0/s1. The summed E-state index contributed by atoms with van der Waals surface area (Å²) < 4.78 is 11.1. The van der Waals surface area contributed by atoms with Gasteiger partial charge in [-0.05, 0) is 41.0 Å². The van der Waals surface area contributed by atoms with E-state index in [4.69, 9.17) is 9.47 Å². The molecular formula is C25H18N2O3. The van der Waals surface area contributed by atoms with Gasteiger partial charge in [-0.2, -0.15) is 0 Å². The van der Waals surface area contributed by atoms with E-state index in [0.717, 1.165) is 39.4 Å². The number of carbonyl (C=O) groups excluding carboxylic acids is 1. The van der Waals surface area contributed by atoms with Crippen molar-refractivity contribution in [2.75, 3.05) is 13.3 Å². The molecule has 7 rings (SSSR count). The lowest BCUT2D eigenvalue weighted by atomic mass is 9.83. The molecule has 4 heterocycles. The van der Waals surface area contributed by atoms with E-state index >= 15 is 0 Å². The molecule has 0 aliphatic carbocycles. The fraction of sp³-hybridized carbons (Fsp3) is 0.160. The van der Waals surface area contributed by atoms with Gasteiger partial charge in [-0.1, -0.05) is 42.5 Å². The first-order chi connectivity index (χ1) is 14.8. The van der Waals surface area contributed by atoms with Crippen molar-refractivity contribution < 1.29 is 14.3 Å². The molecule has 0 unspecified atom stereocenters. The number of hydrogen-bond donors (Lipinski definition) is 1. The predicted molar refractivity (Wildman–Crippen MR) is 112 cm³/mol. The van der Waals surface area contributed by atoms with Crippen LogP contribution in [0.15, 0.2) is 66.7 Å². The molecule has 0 spiro atoms. The number of fused-ring (bicyclic) bond motifs is 8. The van der Waals surface area contributed by atoms with Crippen molar-refractivity contribution in [1.29, 1.82) is 0 Å². The summed E-state index contributed by atoms with van der Waals surface area (Å²) in [6, 6.07) is 22.4. The molecular weight excluding hydrogens is 376 g/mol. The minimum absolute atomic E-state index is 0.0557. The van der Waals surface area contributed by atoms with Crippen molar-refractivity contribution in [2.24, 2.45) is 0 Å². The Bertz CT molecular complexity index is 1360. The average molecular weight is 394 g/mol. The number of amides is 1. The fourth-order valence-electron chi connectivity index (χ4n) is 5.34. The molecule has 3 aliphatic rings. The number of nitrogens with one attached hydrogen (secondary N) is 1. The van der Waals surface area contributed by atoms with E-state index < -0.39 is 0 Å². The normalized spacial score (nSPS) is 20.9. The first-order valence-corrected chi connectivity index (χ1v) is 10.2. The Morgan fingerprint density at radius 3 is 2.73 bits per heavy atom. The summed E-state index contributed by atoms with van der Waals surface area (Å²) in [5.74, 6) is 1.70. The molecule has 0 radical (unpaired) electrons. The van der Waals surface area contributed by atoms with Gasteiger partial charge in [0.15, 0.2) is 11.5 Å². The van der Waals surface area contributed by atoms with Crippen LogP contribution in [0.1, 0.15) is 44.7 Å². The third kappa shape index (κ3) is 1.99. The number of aromatic amines is 1. The molecule has 1 N–H and O–H groups in total. The van der Waals surface area contributed by atoms with E-state index in [1.807, 2.05) is 35.2 Å². The molecule has 0 fully saturated rings. The van der Waals surface area contributed by atoms with Crippen LogP contribution in [0.4, 0.5) is 0 Å². The van der Waals surface area contributed by atoms with Gasteiger partial charge in [-0.15, -0.1) is 0 Å². The number of hydrogen-bond acceptors (Lipinski definition) is 3. The molecule has 5 heteroatoms. The summed E-state index contributed by atoms with van der Waals surface area (Å²) in [6.45, 7) is 0.885. The number of rotatable bonds is 1. The summed E-state index contributed by atoms with van der Waals surface area (Å²) in [5, 5.41) is 1.21. The third-order valence-corrected chi connectivity index (χ3v) is 6.64. The van der Waals surface area contributed by atoms with Crippen LogP contribution < -0.4 is 9.47 Å². The second kappa shape index (κ2) is 5.66. The summed E-state index contributed by atoms with van der Waals surface area (Å²) >= 11 is 0. The third-order valence-electron chi connectivity index (χ3n) is 6.64. The van der Waals surface area contributed by atoms with Crippen molar-refractivity contribution in [3.63, 3.8) is 0 Å². The molecule has 5 nitrogen and oxygen atoms in total. The van der Waals surface area contributed by atoms with Gasteiger partial charge in [0.25, 0.3) is 5.91 Å². The predicted octanol–water partition coefficient (Wildman–Crippen LogP) is 4.59. The van der Waals surface area contributed by atoms with Crippen LogP contribution in [0, 0.1) is 0 Å². The highest BCUT2D eigenvalue weighted by Crippen LogP contribution is 2.50. The van der Waals surface area contributed by atoms with E-state index in [2.05, 4.69) is 41.4 Å². The molecule has 4 aromatic rings. The van der Waals surface area contributed by atoms with Crippen LogP contribution in [0.3, 0.4) is 0 Å². The highest BCUT2D eigenvalue weighted by atomic mass is 16.7. The van der Waals surface area contributed by atoms with Crippen LogP contribution in [0.5, 0.6) is 11.5 Å². The van der Waals surface area contributed by atoms with E-state index in [-0.39, 0.29) is 24.7 Å². The van der Waals surface area contributed by atoms with Crippen LogP contribution in [-0.4, -0.2) is 29.1 Å². The Morgan fingerprint density at radius 1 is 0.933 bits per heavy atom. The number of ether oxygens (including phenoxy) is 2. The average Bonchev–Trinajstić information content (AvgIpc) is 3.47. The molecule has 1 aromatic heterocycles. The van der Waals surface area contributed by atoms with Crippen LogP contribution in [-0.2, 0) is 0 Å². The molecule has 0 bridgehead atoms. The van der Waals surface area contributed by atoms with E-state index in [0.29, 0.717) is 6.54 Å². The van der Waals surface area contributed by atoms with Gasteiger partial charge >= 0.3 is 0 Å². The van der Waals surface area contributed by atoms with Crippen molar-refractivity contribution in [3.05, 3.63) is 94.7 Å². The first-order valence-electron chi connectivity index (χ1n) is 10.2. The maximum atomic E-state index is 13.3. The van der Waals surface area contributed by atoms with Gasteiger partial charge in [-0.3, -0.25) is 4.79 Å². The number of para-hydroxylation sites is 1. The smallest absolute Gasteiger partial charge is 0.255 e. The van der Waals surface area contributed by atoms with Crippen LogP contribution in [0.2, 0.25) is 0 Å². The highest BCUT2D eigenvalue weighted by molar-refractivity contribution is 6.01. The number of H-pyrrole nitrogens is 1. The van der Waals surface area contributed by atoms with Gasteiger partial charge in [0, 0.05) is 34.6 Å². The van der Waals surface area contributed by atoms with Gasteiger partial charge in [0.1, 0.15) is 0 Å². The van der Waals surface area contributed by atoms with E-state index in [9.17, 15) is 4.79 Å². The topological polar surface area (TPSA) is 54.6 Å². The Kier molecular flexibility index (Phi) is 3.04. The molecule has 3 aromatic carbocycles. The zero-order valence-corrected chi connectivity index (χ0v) is 16.1. The zero-order chi connectivity index (χ0) is 19.8. The lowest BCUT2D eigenvalue weighted by Crippen LogP contribution is -2.37. The summed E-state index contributed by atoms with van der Waals surface area (Å²) in [7, 11) is 0. The van der Waals surface area contributed by atoms with Gasteiger partial charge < -0.3 is 19.4 Å². The maximum absolute atomic E-state index is 13.3. The monoisotopic (exact) mass is 394 g/mol. The minimum atomic E-state index is -0.0682. The lowest BCUT2D eigenvalue weighted by Gasteiger charge is -2.36. The lowest BCUT2D eigenvalue weighted by molar-refractivity contribution is 0.0727. The molecule has 2 atom stereocenters. The maximum Gasteiger partial charge on any atom is 0.255 e. The molecule has 0 saturated carbocycles. The quantitative estimate of drug-likeness (QED) is 0.514. The fourth-order valence-corrected chi connectivity index (χ4v) is 5.34. The number of aromatic nitrogens is 1. The minimum Gasteiger partial charge on any atom is -0.454 e. The largest absolute Gasteiger partial charge is 0.454 e. The summed E-state index contributed by atoms with van der Waals surface area (Å²) in [6.07, 6.45) is 0. The molecule has 30 heavy (non-hydrogen) atoms. The van der Waals surface area contributed by atoms with Crippen LogP contribution >= 0.6 is 0 Å². The molecule has 3 aliphatic heterocycles. The number of nitrogens with zero attached hydrogens (tertiary/aromatic N) is 1. The second-order valence-corrected chi connectivity index (χ2v) is 8.11. The first kappa shape index (κ1) is 16.1. The molecule has 0 saturated heterocycles. The van der Waals surface area contributed by atoms with Crippen molar-refractivity contribution >= 4 is 16.8 Å². The Balaban J connectivity index is 1.48. The van der Waals surface area contributed by atoms with Crippen molar-refractivity contribution in [3.8, 4) is 11.5 Å². The van der Waals surface area contributed by atoms with E-state index in [1.54, 1.807) is 0 Å². The highest BCUT2D eigenvalue weighted by Gasteiger charge is 2.45. The van der Waals surface area contributed by atoms with Crippen LogP contribution in [0.25, 0.3) is 10.9 Å². The Hall–Kier alpha value is -3.73. The van der Waals surface area contributed by atoms with Gasteiger partial charge in [-0.25, -0.2) is 0 Å². The number of benzene rings is 3. The Labute approximate surface area is 172 Å². The molecule has 146 valence electrons. The van der Waals surface area contributed by atoms with Gasteiger partial charge in [0.05, 0.1) is 6.04 Å². The summed E-state index contributed by atoms with van der Waals surface area (Å²) in [4.78, 5) is 19.0. The summed E-state index contributed by atoms with van der Waals surface area (Å²) in [5.41, 5.74) is 6.51. The van der Waals surface area contributed by atoms with Gasteiger partial charge in [0.2, 0.25) is 6.79 Å². The van der Waals surface area contributed by atoms with Crippen molar-refractivity contribution in [2.45, 2.75) is 12.0 Å².